The highest BCUT2D eigenvalue weighted by molar-refractivity contribution is 7.54. The lowest BCUT2D eigenvalue weighted by Crippen LogP contribution is -2.17. The van der Waals surface area contributed by atoms with Gasteiger partial charge in [-0.2, -0.15) is 13.2 Å². The van der Waals surface area contributed by atoms with Crippen LogP contribution in [0.5, 0.6) is 5.75 Å². The highest BCUT2D eigenvalue weighted by Crippen LogP contribution is 2.45. The van der Waals surface area contributed by atoms with Crippen LogP contribution in [-0.2, 0) is 24.6 Å². The number of carbonyl (C=O) groups is 1. The SMILES string of the molecule is [2H]c1ccc(C(F)(F)F)cc1OCC(=O)CP(=O)(OC)OC. The number of hydrogen-bond donors (Lipinski definition) is 0. The molecule has 0 fully saturated rings. The molecule has 1 aromatic rings. The van der Waals surface area contributed by atoms with E-state index in [4.69, 9.17) is 6.11 Å². The lowest BCUT2D eigenvalue weighted by Gasteiger charge is -2.13. The number of benzene rings is 1. The molecular weight excluding hydrogens is 312 g/mol. The van der Waals surface area contributed by atoms with E-state index in [1.165, 1.54) is 0 Å². The fraction of sp³-hybridized carbons (Fsp3) is 0.417. The predicted molar refractivity (Wildman–Crippen MR) is 68.4 cm³/mol. The highest BCUT2D eigenvalue weighted by Gasteiger charge is 2.31. The number of halogens is 3. The van der Waals surface area contributed by atoms with Crippen molar-refractivity contribution >= 4 is 13.4 Å². The molecule has 1 aromatic carbocycles. The predicted octanol–water partition coefficient (Wildman–Crippen LogP) is 3.14. The lowest BCUT2D eigenvalue weighted by molar-refractivity contribution is -0.137. The van der Waals surface area contributed by atoms with Gasteiger partial charge in [0.2, 0.25) is 0 Å². The molecule has 0 aliphatic carbocycles. The Morgan fingerprint density at radius 3 is 2.52 bits per heavy atom. The molecule has 21 heavy (non-hydrogen) atoms. The Kier molecular flexibility index (Phi) is 5.39. The minimum Gasteiger partial charge on any atom is -0.486 e. The molecule has 9 heteroatoms. The monoisotopic (exact) mass is 327 g/mol. The summed E-state index contributed by atoms with van der Waals surface area (Å²) >= 11 is 0. The fourth-order valence-electron chi connectivity index (χ4n) is 1.33. The normalized spacial score (nSPS) is 12.9. The zero-order chi connectivity index (χ0) is 17.0. The molecule has 0 N–H and O–H groups in total. The van der Waals surface area contributed by atoms with E-state index in [1.54, 1.807) is 0 Å². The standard InChI is InChI=1S/C12H14F3O5P/c1-18-21(17,19-2)8-10(16)7-20-11-5-3-4-9(6-11)12(13,14)15/h3-6H,7-8H2,1-2H3/i5D. The second-order valence-corrected chi connectivity index (χ2v) is 6.17. The van der Waals surface area contributed by atoms with Gasteiger partial charge in [0.25, 0.3) is 0 Å². The maximum Gasteiger partial charge on any atom is 0.416 e. The van der Waals surface area contributed by atoms with Crippen LogP contribution in [0.25, 0.3) is 0 Å². The molecule has 0 radical (unpaired) electrons. The van der Waals surface area contributed by atoms with Crippen LogP contribution in [0.2, 0.25) is 0 Å². The van der Waals surface area contributed by atoms with Crippen molar-refractivity contribution in [3.05, 3.63) is 29.8 Å². The fourth-order valence-corrected chi connectivity index (χ4v) is 2.26. The van der Waals surface area contributed by atoms with E-state index in [-0.39, 0.29) is 6.04 Å². The molecule has 0 aliphatic rings. The van der Waals surface area contributed by atoms with Gasteiger partial charge < -0.3 is 13.8 Å². The van der Waals surface area contributed by atoms with Crippen LogP contribution < -0.4 is 4.74 Å². The summed E-state index contributed by atoms with van der Waals surface area (Å²) in [7, 11) is -1.35. The smallest absolute Gasteiger partial charge is 0.416 e. The second-order valence-electron chi connectivity index (χ2n) is 3.90. The van der Waals surface area contributed by atoms with Crippen molar-refractivity contribution < 1.29 is 37.7 Å². The minimum atomic E-state index is -4.59. The van der Waals surface area contributed by atoms with Crippen LogP contribution in [0.3, 0.4) is 0 Å². The molecule has 0 aliphatic heterocycles. The topological polar surface area (TPSA) is 61.8 Å². The summed E-state index contributed by atoms with van der Waals surface area (Å²) in [4.78, 5) is 11.6. The van der Waals surface area contributed by atoms with Crippen molar-refractivity contribution in [2.45, 2.75) is 6.18 Å². The first-order valence-electron chi connectivity index (χ1n) is 6.14. The van der Waals surface area contributed by atoms with Gasteiger partial charge in [-0.1, -0.05) is 6.07 Å². The Morgan fingerprint density at radius 2 is 2.00 bits per heavy atom. The third-order valence-electron chi connectivity index (χ3n) is 2.42. The van der Waals surface area contributed by atoms with Crippen molar-refractivity contribution in [3.8, 4) is 5.75 Å². The third kappa shape index (κ3) is 5.49. The van der Waals surface area contributed by atoms with Gasteiger partial charge in [-0.3, -0.25) is 9.36 Å². The van der Waals surface area contributed by atoms with Crippen molar-refractivity contribution in [2.24, 2.45) is 0 Å². The number of hydrogen-bond acceptors (Lipinski definition) is 5. The quantitative estimate of drug-likeness (QED) is 0.720. The number of rotatable bonds is 7. The summed E-state index contributed by atoms with van der Waals surface area (Å²) in [6.07, 6.45) is -5.16. The van der Waals surface area contributed by atoms with E-state index in [1.807, 2.05) is 0 Å². The zero-order valence-electron chi connectivity index (χ0n) is 12.3. The van der Waals surface area contributed by atoms with Crippen LogP contribution in [0, 0.1) is 0 Å². The van der Waals surface area contributed by atoms with E-state index in [0.717, 1.165) is 26.4 Å². The van der Waals surface area contributed by atoms with Crippen molar-refractivity contribution in [3.63, 3.8) is 0 Å². The van der Waals surface area contributed by atoms with Gasteiger partial charge in [-0.05, 0) is 18.2 Å². The average molecular weight is 327 g/mol. The number of alkyl halides is 3. The summed E-state index contributed by atoms with van der Waals surface area (Å²) in [6, 6.07) is 1.98. The number of Topliss-reactive ketones (excluding diaryl/α,β-unsaturated/α-hetero) is 1. The molecule has 0 unspecified atom stereocenters. The lowest BCUT2D eigenvalue weighted by atomic mass is 10.2. The summed E-state index contributed by atoms with van der Waals surface area (Å²) in [5.41, 5.74) is -0.995. The van der Waals surface area contributed by atoms with Gasteiger partial charge in [-0.25, -0.2) is 0 Å². The van der Waals surface area contributed by atoms with E-state index in [9.17, 15) is 22.5 Å². The van der Waals surface area contributed by atoms with Crippen LogP contribution >= 0.6 is 7.60 Å². The van der Waals surface area contributed by atoms with Crippen LogP contribution in [0.15, 0.2) is 24.2 Å². The van der Waals surface area contributed by atoms with Crippen LogP contribution in [0.4, 0.5) is 13.2 Å². The van der Waals surface area contributed by atoms with Crippen molar-refractivity contribution in [2.75, 3.05) is 27.0 Å². The number of ketones is 1. The number of carbonyl (C=O) groups excluding carboxylic acids is 1. The maximum atomic E-state index is 12.6. The van der Waals surface area contributed by atoms with Crippen molar-refractivity contribution in [1.82, 2.24) is 0 Å². The largest absolute Gasteiger partial charge is 0.486 e. The van der Waals surface area contributed by atoms with Gasteiger partial charge in [0, 0.05) is 14.2 Å². The van der Waals surface area contributed by atoms with E-state index >= 15 is 0 Å². The van der Waals surface area contributed by atoms with Crippen LogP contribution in [-0.4, -0.2) is 32.8 Å². The minimum absolute atomic E-state index is 0.303. The first-order chi connectivity index (χ1) is 10.1. The molecule has 0 bridgehead atoms. The Balaban J connectivity index is 2.76. The Hall–Kier alpha value is -1.37. The van der Waals surface area contributed by atoms with E-state index in [2.05, 4.69) is 9.05 Å². The molecule has 1 rings (SSSR count). The Labute approximate surface area is 120 Å². The van der Waals surface area contributed by atoms with Gasteiger partial charge in [0.05, 0.1) is 6.93 Å². The molecule has 0 aromatic heterocycles. The highest BCUT2D eigenvalue weighted by atomic mass is 31.2. The maximum absolute atomic E-state index is 12.6. The Morgan fingerprint density at radius 1 is 1.38 bits per heavy atom. The van der Waals surface area contributed by atoms with Gasteiger partial charge in [0.15, 0.2) is 5.78 Å². The van der Waals surface area contributed by atoms with Crippen LogP contribution in [0.1, 0.15) is 6.93 Å². The summed E-state index contributed by atoms with van der Waals surface area (Å²) in [6.45, 7) is -0.649. The molecule has 0 amide bonds. The van der Waals surface area contributed by atoms with Gasteiger partial charge in [0.1, 0.15) is 18.5 Å². The molecule has 0 heterocycles. The molecule has 0 saturated heterocycles. The number of ether oxygens (including phenoxy) is 1. The average Bonchev–Trinajstić information content (AvgIpc) is 2.45. The zero-order valence-corrected chi connectivity index (χ0v) is 12.2. The first-order valence-corrected chi connectivity index (χ1v) is 7.37. The summed E-state index contributed by atoms with van der Waals surface area (Å²) in [5, 5.41) is 0. The van der Waals surface area contributed by atoms with E-state index < -0.39 is 43.6 Å². The van der Waals surface area contributed by atoms with E-state index in [0.29, 0.717) is 6.07 Å². The van der Waals surface area contributed by atoms with Gasteiger partial charge in [-0.15, -0.1) is 0 Å². The first kappa shape index (κ1) is 16.0. The molecule has 0 saturated carbocycles. The summed E-state index contributed by atoms with van der Waals surface area (Å²) in [5.74, 6) is -1.09. The molecule has 0 spiro atoms. The summed E-state index contributed by atoms with van der Waals surface area (Å²) < 4.78 is 70.9. The molecule has 0 atom stereocenters. The second kappa shape index (κ2) is 7.06. The molecular formula is C12H14F3O5P. The molecule has 5 nitrogen and oxygen atoms in total. The Bertz CT molecular complexity index is 583. The molecule has 118 valence electrons. The van der Waals surface area contributed by atoms with Crippen molar-refractivity contribution in [1.29, 1.82) is 0 Å². The third-order valence-corrected chi connectivity index (χ3v) is 4.27. The van der Waals surface area contributed by atoms with Gasteiger partial charge >= 0.3 is 13.8 Å².